The van der Waals surface area contributed by atoms with Gasteiger partial charge in [-0.3, -0.25) is 0 Å². The minimum absolute atomic E-state index is 0.603. The molecule has 0 spiro atoms. The molecular formula is C43H27N3O2. The Morgan fingerprint density at radius 1 is 0.479 bits per heavy atom. The summed E-state index contributed by atoms with van der Waals surface area (Å²) in [5.74, 6) is 2.84. The zero-order chi connectivity index (χ0) is 31.6. The van der Waals surface area contributed by atoms with Gasteiger partial charge in [-0.25, -0.2) is 15.0 Å². The van der Waals surface area contributed by atoms with Gasteiger partial charge in [0.25, 0.3) is 0 Å². The zero-order valence-electron chi connectivity index (χ0n) is 25.9. The molecule has 0 saturated carbocycles. The SMILES string of the molecule is C1=C(c2nc(-c3ccccc3)nc(-c3cccc4oc5cc(-c6ccc7ccccc7c6)ccc5c34)n2)c2c(oc3ccccc23)CC1. The van der Waals surface area contributed by atoms with Crippen molar-refractivity contribution in [1.82, 2.24) is 15.0 Å². The molecule has 0 bridgehead atoms. The van der Waals surface area contributed by atoms with Crippen LogP contribution in [-0.2, 0) is 6.42 Å². The molecule has 6 aromatic carbocycles. The zero-order valence-corrected chi connectivity index (χ0v) is 25.9. The van der Waals surface area contributed by atoms with Crippen LogP contribution in [0.3, 0.4) is 0 Å². The van der Waals surface area contributed by atoms with Gasteiger partial charge < -0.3 is 8.83 Å². The highest BCUT2D eigenvalue weighted by Gasteiger charge is 2.25. The predicted molar refractivity (Wildman–Crippen MR) is 193 cm³/mol. The number of aromatic nitrogens is 3. The van der Waals surface area contributed by atoms with E-state index < -0.39 is 0 Å². The maximum atomic E-state index is 6.51. The van der Waals surface area contributed by atoms with Crippen LogP contribution in [0, 0.1) is 0 Å². The van der Waals surface area contributed by atoms with Gasteiger partial charge in [0.15, 0.2) is 17.5 Å². The second kappa shape index (κ2) is 10.6. The summed E-state index contributed by atoms with van der Waals surface area (Å²) in [5, 5.41) is 5.52. The van der Waals surface area contributed by atoms with Gasteiger partial charge in [0.1, 0.15) is 22.5 Å². The van der Waals surface area contributed by atoms with Gasteiger partial charge in [0.05, 0.1) is 0 Å². The second-order valence-electron chi connectivity index (χ2n) is 12.3. The number of nitrogens with zero attached hydrogens (tertiary/aromatic N) is 3. The number of aryl methyl sites for hydroxylation is 1. The minimum atomic E-state index is 0.603. The first kappa shape index (κ1) is 26.8. The molecule has 5 heteroatoms. The molecule has 0 atom stereocenters. The molecular weight excluding hydrogens is 590 g/mol. The van der Waals surface area contributed by atoms with Crippen LogP contribution in [0.25, 0.3) is 83.2 Å². The smallest absolute Gasteiger partial charge is 0.164 e. The van der Waals surface area contributed by atoms with Gasteiger partial charge in [-0.05, 0) is 58.7 Å². The van der Waals surface area contributed by atoms with Crippen molar-refractivity contribution in [2.45, 2.75) is 12.8 Å². The van der Waals surface area contributed by atoms with Crippen molar-refractivity contribution in [3.05, 3.63) is 157 Å². The molecule has 0 aliphatic heterocycles. The molecule has 0 fully saturated rings. The standard InChI is InChI=1S/C43H27N3O2/c1-2-11-27(12-3-1)41-44-42(33-15-8-18-36-39(33)31-14-6-7-17-35(31)47-36)46-43(45-41)34-16-9-19-37-40(34)32-23-22-30(25-38(32)48-37)29-21-20-26-10-4-5-13-28(26)24-29/h1-7,9-17,19-25H,8,18H2. The van der Waals surface area contributed by atoms with Crippen molar-refractivity contribution in [1.29, 1.82) is 0 Å². The first-order valence-corrected chi connectivity index (χ1v) is 16.2. The van der Waals surface area contributed by atoms with E-state index >= 15 is 0 Å². The quantitative estimate of drug-likeness (QED) is 0.197. The first-order valence-electron chi connectivity index (χ1n) is 16.2. The summed E-state index contributed by atoms with van der Waals surface area (Å²) in [6, 6.07) is 45.9. The monoisotopic (exact) mass is 617 g/mol. The lowest BCUT2D eigenvalue weighted by atomic mass is 9.93. The molecule has 48 heavy (non-hydrogen) atoms. The van der Waals surface area contributed by atoms with Gasteiger partial charge in [0.2, 0.25) is 0 Å². The van der Waals surface area contributed by atoms with Crippen molar-refractivity contribution in [3.8, 4) is 33.9 Å². The molecule has 0 unspecified atom stereocenters. The third kappa shape index (κ3) is 4.28. The van der Waals surface area contributed by atoms with E-state index in [4.69, 9.17) is 23.8 Å². The Kier molecular flexibility index (Phi) is 5.93. The molecule has 9 aromatic rings. The Labute approximate surface area is 275 Å². The van der Waals surface area contributed by atoms with E-state index in [1.807, 2.05) is 54.6 Å². The number of furan rings is 2. The lowest BCUT2D eigenvalue weighted by Gasteiger charge is -2.14. The third-order valence-corrected chi connectivity index (χ3v) is 9.39. The van der Waals surface area contributed by atoms with E-state index in [0.717, 1.165) is 84.9 Å². The second-order valence-corrected chi connectivity index (χ2v) is 12.3. The summed E-state index contributed by atoms with van der Waals surface area (Å²) in [5.41, 5.74) is 8.64. The molecule has 5 nitrogen and oxygen atoms in total. The van der Waals surface area contributed by atoms with Crippen LogP contribution in [0.1, 0.15) is 23.6 Å². The van der Waals surface area contributed by atoms with Crippen molar-refractivity contribution in [2.24, 2.45) is 0 Å². The molecule has 3 heterocycles. The summed E-state index contributed by atoms with van der Waals surface area (Å²) >= 11 is 0. The van der Waals surface area contributed by atoms with Crippen LogP contribution in [0.15, 0.2) is 148 Å². The molecule has 0 N–H and O–H groups in total. The summed E-state index contributed by atoms with van der Waals surface area (Å²) in [7, 11) is 0. The Balaban J connectivity index is 1.16. The van der Waals surface area contributed by atoms with Crippen molar-refractivity contribution < 1.29 is 8.83 Å². The number of rotatable bonds is 4. The molecule has 10 rings (SSSR count). The van der Waals surface area contributed by atoms with Crippen LogP contribution in [0.2, 0.25) is 0 Å². The number of fused-ring (bicyclic) bond motifs is 7. The number of allylic oxidation sites excluding steroid dienone is 1. The van der Waals surface area contributed by atoms with Crippen LogP contribution in [-0.4, -0.2) is 15.0 Å². The van der Waals surface area contributed by atoms with Crippen molar-refractivity contribution in [2.75, 3.05) is 0 Å². The highest BCUT2D eigenvalue weighted by Crippen LogP contribution is 2.41. The lowest BCUT2D eigenvalue weighted by Crippen LogP contribution is -2.06. The van der Waals surface area contributed by atoms with Gasteiger partial charge in [0, 0.05) is 44.8 Å². The van der Waals surface area contributed by atoms with Crippen LogP contribution in [0.5, 0.6) is 0 Å². The van der Waals surface area contributed by atoms with Crippen LogP contribution < -0.4 is 0 Å². The molecule has 1 aliphatic rings. The minimum Gasteiger partial charge on any atom is -0.460 e. The maximum absolute atomic E-state index is 6.51. The van der Waals surface area contributed by atoms with Gasteiger partial charge in [-0.2, -0.15) is 0 Å². The Morgan fingerprint density at radius 3 is 2.17 bits per heavy atom. The summed E-state index contributed by atoms with van der Waals surface area (Å²) in [6.07, 6.45) is 3.93. The number of hydrogen-bond donors (Lipinski definition) is 0. The highest BCUT2D eigenvalue weighted by atomic mass is 16.3. The average Bonchev–Trinajstić information content (AvgIpc) is 3.73. The topological polar surface area (TPSA) is 65.0 Å². The van der Waals surface area contributed by atoms with Crippen LogP contribution in [0.4, 0.5) is 0 Å². The summed E-state index contributed by atoms with van der Waals surface area (Å²) < 4.78 is 12.8. The van der Waals surface area contributed by atoms with E-state index in [1.165, 1.54) is 10.8 Å². The first-order chi connectivity index (χ1) is 23.8. The van der Waals surface area contributed by atoms with Gasteiger partial charge in [-0.1, -0.05) is 109 Å². The van der Waals surface area contributed by atoms with E-state index in [1.54, 1.807) is 0 Å². The van der Waals surface area contributed by atoms with E-state index in [0.29, 0.717) is 17.5 Å². The number of hydrogen-bond acceptors (Lipinski definition) is 5. The fraction of sp³-hybridized carbons (Fsp3) is 0.0465. The van der Waals surface area contributed by atoms with Gasteiger partial charge >= 0.3 is 0 Å². The molecule has 3 aromatic heterocycles. The molecule has 1 aliphatic carbocycles. The number of para-hydroxylation sites is 1. The lowest BCUT2D eigenvalue weighted by molar-refractivity contribution is 0.545. The third-order valence-electron chi connectivity index (χ3n) is 9.39. The highest BCUT2D eigenvalue weighted by molar-refractivity contribution is 6.12. The Morgan fingerprint density at radius 2 is 1.23 bits per heavy atom. The Hall–Kier alpha value is -6.33. The van der Waals surface area contributed by atoms with E-state index in [9.17, 15) is 0 Å². The fourth-order valence-corrected chi connectivity index (χ4v) is 7.11. The summed E-state index contributed by atoms with van der Waals surface area (Å²) in [6.45, 7) is 0. The molecule has 226 valence electrons. The normalized spacial score (nSPS) is 13.0. The summed E-state index contributed by atoms with van der Waals surface area (Å²) in [4.78, 5) is 15.4. The largest absolute Gasteiger partial charge is 0.460 e. The number of benzene rings is 6. The van der Waals surface area contributed by atoms with Crippen molar-refractivity contribution >= 4 is 49.3 Å². The maximum Gasteiger partial charge on any atom is 0.164 e. The van der Waals surface area contributed by atoms with Gasteiger partial charge in [-0.15, -0.1) is 0 Å². The fourth-order valence-electron chi connectivity index (χ4n) is 7.11. The average molecular weight is 618 g/mol. The molecule has 0 radical (unpaired) electrons. The Bertz CT molecular complexity index is 2740. The van der Waals surface area contributed by atoms with E-state index in [-0.39, 0.29) is 0 Å². The van der Waals surface area contributed by atoms with E-state index in [2.05, 4.69) is 84.9 Å². The van der Waals surface area contributed by atoms with Crippen molar-refractivity contribution in [3.63, 3.8) is 0 Å². The molecule has 0 saturated heterocycles. The predicted octanol–water partition coefficient (Wildman–Crippen LogP) is 11.0. The van der Waals surface area contributed by atoms with Crippen LogP contribution >= 0.6 is 0 Å². The molecule has 0 amide bonds.